The molecule has 0 saturated heterocycles. The highest BCUT2D eigenvalue weighted by molar-refractivity contribution is 6.31. The Hall–Kier alpha value is -1.60. The van der Waals surface area contributed by atoms with Crippen LogP contribution >= 0.6 is 11.6 Å². The number of allylic oxidation sites excluding steroid dienone is 2. The van der Waals surface area contributed by atoms with Crippen LogP contribution < -0.4 is 0 Å². The van der Waals surface area contributed by atoms with Gasteiger partial charge in [0.05, 0.1) is 0 Å². The van der Waals surface area contributed by atoms with E-state index in [-0.39, 0.29) is 5.82 Å². The molecule has 0 nitrogen and oxygen atoms in total. The molecule has 0 atom stereocenters. The average Bonchev–Trinajstić information content (AvgIpc) is 2.38. The first-order chi connectivity index (χ1) is 8.66. The second-order valence-corrected chi connectivity index (χ2v) is 4.60. The lowest BCUT2D eigenvalue weighted by Gasteiger charge is -2.03. The normalized spacial score (nSPS) is 11.6. The van der Waals surface area contributed by atoms with Crippen molar-refractivity contribution in [3.8, 4) is 0 Å². The Morgan fingerprint density at radius 1 is 1.11 bits per heavy atom. The minimum absolute atomic E-state index is 0.211. The molecule has 0 amide bonds. The van der Waals surface area contributed by atoms with Crippen molar-refractivity contribution in [2.24, 2.45) is 0 Å². The molecule has 92 valence electrons. The van der Waals surface area contributed by atoms with E-state index in [0.29, 0.717) is 0 Å². The highest BCUT2D eigenvalue weighted by Crippen LogP contribution is 2.19. The summed E-state index contributed by atoms with van der Waals surface area (Å²) in [6.07, 6.45) is 2.89. The number of rotatable bonds is 3. The molecule has 0 aliphatic carbocycles. The fraction of sp³-hybridized carbons (Fsp3) is 0.125. The number of hydrogen-bond donors (Lipinski definition) is 0. The minimum atomic E-state index is -0.211. The number of hydrogen-bond acceptors (Lipinski definition) is 0. The Labute approximate surface area is 112 Å². The lowest BCUT2D eigenvalue weighted by Crippen LogP contribution is -1.85. The molecule has 2 aromatic rings. The zero-order valence-corrected chi connectivity index (χ0v) is 10.9. The van der Waals surface area contributed by atoms with Gasteiger partial charge in [-0.25, -0.2) is 4.39 Å². The van der Waals surface area contributed by atoms with Crippen molar-refractivity contribution < 1.29 is 4.39 Å². The number of benzene rings is 2. The molecule has 18 heavy (non-hydrogen) atoms. The van der Waals surface area contributed by atoms with Crippen LogP contribution in [-0.2, 0) is 6.42 Å². The van der Waals surface area contributed by atoms with Crippen molar-refractivity contribution in [2.75, 3.05) is 0 Å². The molecule has 0 N–H and O–H groups in total. The molecule has 0 aromatic heterocycles. The SMILES string of the molecule is CC(=CCc1ccccc1Cl)c1ccc(F)cc1. The maximum absolute atomic E-state index is 12.8. The van der Waals surface area contributed by atoms with E-state index < -0.39 is 0 Å². The molecule has 0 radical (unpaired) electrons. The monoisotopic (exact) mass is 260 g/mol. The van der Waals surface area contributed by atoms with Gasteiger partial charge in [0.2, 0.25) is 0 Å². The van der Waals surface area contributed by atoms with Crippen LogP contribution in [-0.4, -0.2) is 0 Å². The van der Waals surface area contributed by atoms with Gasteiger partial charge in [0.25, 0.3) is 0 Å². The van der Waals surface area contributed by atoms with Crippen LogP contribution in [0.5, 0.6) is 0 Å². The van der Waals surface area contributed by atoms with Crippen LogP contribution in [0.25, 0.3) is 5.57 Å². The van der Waals surface area contributed by atoms with E-state index in [2.05, 4.69) is 6.08 Å². The van der Waals surface area contributed by atoms with Crippen molar-refractivity contribution in [3.63, 3.8) is 0 Å². The van der Waals surface area contributed by atoms with Gasteiger partial charge in [-0.2, -0.15) is 0 Å². The molecule has 0 bridgehead atoms. The third-order valence-electron chi connectivity index (χ3n) is 2.89. The van der Waals surface area contributed by atoms with Crippen LogP contribution in [0, 0.1) is 5.82 Å². The van der Waals surface area contributed by atoms with Gasteiger partial charge >= 0.3 is 0 Å². The Morgan fingerprint density at radius 3 is 2.44 bits per heavy atom. The van der Waals surface area contributed by atoms with Crippen LogP contribution in [0.2, 0.25) is 5.02 Å². The summed E-state index contributed by atoms with van der Waals surface area (Å²) in [5, 5.41) is 0.778. The van der Waals surface area contributed by atoms with Crippen molar-refractivity contribution in [1.29, 1.82) is 0 Å². The average molecular weight is 261 g/mol. The molecular formula is C16H14ClF. The summed E-state index contributed by atoms with van der Waals surface area (Å²) in [4.78, 5) is 0. The third kappa shape index (κ3) is 3.21. The summed E-state index contributed by atoms with van der Waals surface area (Å²) in [6.45, 7) is 2.02. The van der Waals surface area contributed by atoms with Crippen molar-refractivity contribution in [3.05, 3.63) is 76.6 Å². The molecule has 0 aliphatic heterocycles. The van der Waals surface area contributed by atoms with Crippen LogP contribution in [0.3, 0.4) is 0 Å². The van der Waals surface area contributed by atoms with Gasteiger partial charge in [0, 0.05) is 5.02 Å². The first-order valence-electron chi connectivity index (χ1n) is 5.83. The molecule has 2 heteroatoms. The van der Waals surface area contributed by atoms with E-state index >= 15 is 0 Å². The van der Waals surface area contributed by atoms with Gasteiger partial charge in [-0.15, -0.1) is 0 Å². The Morgan fingerprint density at radius 2 is 1.78 bits per heavy atom. The van der Waals surface area contributed by atoms with Gasteiger partial charge in [-0.3, -0.25) is 0 Å². The predicted molar refractivity (Wildman–Crippen MR) is 75.2 cm³/mol. The molecule has 0 saturated carbocycles. The fourth-order valence-electron chi connectivity index (χ4n) is 1.76. The summed E-state index contributed by atoms with van der Waals surface area (Å²) in [6, 6.07) is 14.3. The van der Waals surface area contributed by atoms with Gasteiger partial charge in [-0.1, -0.05) is 48.0 Å². The smallest absolute Gasteiger partial charge is 0.123 e. The summed E-state index contributed by atoms with van der Waals surface area (Å²) in [7, 11) is 0. The van der Waals surface area contributed by atoms with Gasteiger partial charge < -0.3 is 0 Å². The maximum Gasteiger partial charge on any atom is 0.123 e. The van der Waals surface area contributed by atoms with Gasteiger partial charge in [-0.05, 0) is 48.2 Å². The van der Waals surface area contributed by atoms with Crippen molar-refractivity contribution in [1.82, 2.24) is 0 Å². The fourth-order valence-corrected chi connectivity index (χ4v) is 1.97. The quantitative estimate of drug-likeness (QED) is 0.718. The van der Waals surface area contributed by atoms with E-state index in [0.717, 1.165) is 28.1 Å². The summed E-state index contributed by atoms with van der Waals surface area (Å²) >= 11 is 6.10. The Kier molecular flexibility index (Phi) is 4.16. The topological polar surface area (TPSA) is 0 Å². The molecule has 0 unspecified atom stereocenters. The highest BCUT2D eigenvalue weighted by Gasteiger charge is 1.99. The summed E-state index contributed by atoms with van der Waals surface area (Å²) in [5.41, 5.74) is 3.25. The highest BCUT2D eigenvalue weighted by atomic mass is 35.5. The molecule has 2 rings (SSSR count). The van der Waals surface area contributed by atoms with E-state index in [9.17, 15) is 4.39 Å². The standard InChI is InChI=1S/C16H14ClF/c1-12(13-8-10-15(18)11-9-13)6-7-14-4-2-3-5-16(14)17/h2-6,8-11H,7H2,1H3. The lowest BCUT2D eigenvalue weighted by molar-refractivity contribution is 0.627. The summed E-state index contributed by atoms with van der Waals surface area (Å²) < 4.78 is 12.8. The van der Waals surface area contributed by atoms with E-state index in [1.165, 1.54) is 12.1 Å². The van der Waals surface area contributed by atoms with E-state index in [1.54, 1.807) is 12.1 Å². The second kappa shape index (κ2) is 5.83. The molecule has 2 aromatic carbocycles. The molecule has 0 aliphatic rings. The van der Waals surface area contributed by atoms with Gasteiger partial charge in [0.15, 0.2) is 0 Å². The Balaban J connectivity index is 2.14. The minimum Gasteiger partial charge on any atom is -0.207 e. The number of halogens is 2. The second-order valence-electron chi connectivity index (χ2n) is 4.19. The lowest BCUT2D eigenvalue weighted by atomic mass is 10.0. The maximum atomic E-state index is 12.8. The van der Waals surface area contributed by atoms with Crippen LogP contribution in [0.15, 0.2) is 54.6 Å². The van der Waals surface area contributed by atoms with Crippen LogP contribution in [0.4, 0.5) is 4.39 Å². The van der Waals surface area contributed by atoms with E-state index in [1.807, 2.05) is 31.2 Å². The molecule has 0 fully saturated rings. The van der Waals surface area contributed by atoms with Crippen molar-refractivity contribution in [2.45, 2.75) is 13.3 Å². The van der Waals surface area contributed by atoms with E-state index in [4.69, 9.17) is 11.6 Å². The molecule has 0 spiro atoms. The predicted octanol–water partition coefficient (Wildman–Crippen LogP) is 5.13. The first-order valence-corrected chi connectivity index (χ1v) is 6.21. The first kappa shape index (κ1) is 12.8. The third-order valence-corrected chi connectivity index (χ3v) is 3.25. The van der Waals surface area contributed by atoms with Gasteiger partial charge in [0.1, 0.15) is 5.82 Å². The molecule has 0 heterocycles. The van der Waals surface area contributed by atoms with Crippen molar-refractivity contribution >= 4 is 17.2 Å². The largest absolute Gasteiger partial charge is 0.207 e. The zero-order chi connectivity index (χ0) is 13.0. The Bertz CT molecular complexity index is 556. The molecular weight excluding hydrogens is 247 g/mol. The summed E-state index contributed by atoms with van der Waals surface area (Å²) in [5.74, 6) is -0.211. The van der Waals surface area contributed by atoms with Crippen LogP contribution in [0.1, 0.15) is 18.1 Å². The zero-order valence-electron chi connectivity index (χ0n) is 10.2.